The van der Waals surface area contributed by atoms with Crippen LogP contribution in [0.15, 0.2) is 24.3 Å². The van der Waals surface area contributed by atoms with Crippen LogP contribution in [0.1, 0.15) is 6.42 Å². The summed E-state index contributed by atoms with van der Waals surface area (Å²) in [5, 5.41) is 15.7. The first-order valence-corrected chi connectivity index (χ1v) is 8.88. The van der Waals surface area contributed by atoms with Crippen LogP contribution in [0.4, 0.5) is 5.69 Å². The smallest absolute Gasteiger partial charge is 0.242 e. The Kier molecular flexibility index (Phi) is 5.78. The lowest BCUT2D eigenvalue weighted by Crippen LogP contribution is -2.52. The van der Waals surface area contributed by atoms with Gasteiger partial charge >= 0.3 is 0 Å². The molecule has 136 valence electrons. The zero-order valence-corrected chi connectivity index (χ0v) is 14.7. The molecule has 3 rings (SSSR count). The van der Waals surface area contributed by atoms with Gasteiger partial charge in [-0.25, -0.2) is 0 Å². The van der Waals surface area contributed by atoms with Gasteiger partial charge in [0.2, 0.25) is 11.8 Å². The molecule has 3 N–H and O–H groups in total. The number of aliphatic hydroxyl groups excluding tert-OH is 1. The van der Waals surface area contributed by atoms with Crippen LogP contribution in [0, 0.1) is 0 Å². The predicted molar refractivity (Wildman–Crippen MR) is 95.7 cm³/mol. The third-order valence-corrected chi connectivity index (χ3v) is 4.88. The summed E-state index contributed by atoms with van der Waals surface area (Å²) >= 11 is 6.02. The summed E-state index contributed by atoms with van der Waals surface area (Å²) in [4.78, 5) is 28.2. The van der Waals surface area contributed by atoms with Gasteiger partial charge in [0.15, 0.2) is 0 Å². The second-order valence-corrected chi connectivity index (χ2v) is 6.85. The second kappa shape index (κ2) is 8.03. The Morgan fingerprint density at radius 2 is 2.04 bits per heavy atom. The van der Waals surface area contributed by atoms with Gasteiger partial charge in [-0.1, -0.05) is 17.7 Å². The van der Waals surface area contributed by atoms with E-state index in [2.05, 4.69) is 15.5 Å². The first-order chi connectivity index (χ1) is 12.0. The fourth-order valence-electron chi connectivity index (χ4n) is 3.20. The number of carbonyl (C=O) groups excluding carboxylic acids is 2. The largest absolute Gasteiger partial charge is 0.392 e. The molecule has 1 aromatic carbocycles. The molecule has 8 heteroatoms. The van der Waals surface area contributed by atoms with Gasteiger partial charge in [-0.05, 0) is 24.6 Å². The highest BCUT2D eigenvalue weighted by atomic mass is 35.5. The Labute approximate surface area is 151 Å². The summed E-state index contributed by atoms with van der Waals surface area (Å²) in [5.41, 5.74) is 1.05. The van der Waals surface area contributed by atoms with Crippen molar-refractivity contribution in [2.24, 2.45) is 0 Å². The number of piperazine rings is 1. The van der Waals surface area contributed by atoms with E-state index in [1.165, 1.54) is 0 Å². The van der Waals surface area contributed by atoms with Gasteiger partial charge in [-0.3, -0.25) is 9.59 Å². The molecule has 2 atom stereocenters. The van der Waals surface area contributed by atoms with Crippen molar-refractivity contribution in [3.63, 3.8) is 0 Å². The topological polar surface area (TPSA) is 84.9 Å². The maximum atomic E-state index is 12.3. The Bertz CT molecular complexity index is 634. The monoisotopic (exact) mass is 366 g/mol. The third-order valence-electron chi connectivity index (χ3n) is 4.64. The minimum absolute atomic E-state index is 0.00965. The highest BCUT2D eigenvalue weighted by molar-refractivity contribution is 6.30. The standard InChI is InChI=1S/C17H23ClN4O3/c18-12-2-1-3-13(8-12)21-4-6-22(7-5-21)16(24)11-20-17(25)15-9-14(23)10-19-15/h1-3,8,14-15,19,23H,4-7,9-11H2,(H,20,25). The van der Waals surface area contributed by atoms with Crippen LogP contribution in [-0.4, -0.2) is 73.2 Å². The molecule has 2 saturated heterocycles. The molecule has 0 saturated carbocycles. The molecule has 0 bridgehead atoms. The average molecular weight is 367 g/mol. The first-order valence-electron chi connectivity index (χ1n) is 8.50. The molecule has 0 spiro atoms. The van der Waals surface area contributed by atoms with Crippen molar-refractivity contribution < 1.29 is 14.7 Å². The van der Waals surface area contributed by atoms with E-state index in [9.17, 15) is 14.7 Å². The van der Waals surface area contributed by atoms with Crippen molar-refractivity contribution >= 4 is 29.1 Å². The number of halogens is 1. The van der Waals surface area contributed by atoms with Crippen molar-refractivity contribution in [3.8, 4) is 0 Å². The van der Waals surface area contributed by atoms with Crippen molar-refractivity contribution in [2.45, 2.75) is 18.6 Å². The molecule has 2 aliphatic rings. The van der Waals surface area contributed by atoms with E-state index < -0.39 is 12.1 Å². The summed E-state index contributed by atoms with van der Waals surface area (Å²) in [6, 6.07) is 7.27. The van der Waals surface area contributed by atoms with E-state index in [-0.39, 0.29) is 18.4 Å². The molecule has 0 aliphatic carbocycles. The van der Waals surface area contributed by atoms with Crippen LogP contribution in [-0.2, 0) is 9.59 Å². The molecule has 2 fully saturated rings. The Morgan fingerprint density at radius 3 is 2.68 bits per heavy atom. The number of aliphatic hydroxyl groups is 1. The van der Waals surface area contributed by atoms with E-state index in [0.29, 0.717) is 31.1 Å². The number of amides is 2. The fourth-order valence-corrected chi connectivity index (χ4v) is 3.39. The van der Waals surface area contributed by atoms with E-state index in [0.717, 1.165) is 18.8 Å². The second-order valence-electron chi connectivity index (χ2n) is 6.42. The summed E-state index contributed by atoms with van der Waals surface area (Å²) in [5.74, 6) is -0.319. The van der Waals surface area contributed by atoms with E-state index >= 15 is 0 Å². The first kappa shape index (κ1) is 18.0. The minimum Gasteiger partial charge on any atom is -0.392 e. The van der Waals surface area contributed by atoms with E-state index in [4.69, 9.17) is 11.6 Å². The van der Waals surface area contributed by atoms with E-state index in [1.54, 1.807) is 4.90 Å². The lowest BCUT2D eigenvalue weighted by atomic mass is 10.2. The lowest BCUT2D eigenvalue weighted by molar-refractivity contribution is -0.133. The molecule has 2 heterocycles. The summed E-state index contributed by atoms with van der Waals surface area (Å²) in [7, 11) is 0. The number of hydrogen-bond acceptors (Lipinski definition) is 5. The van der Waals surface area contributed by atoms with Crippen molar-refractivity contribution in [1.82, 2.24) is 15.5 Å². The molecule has 2 unspecified atom stereocenters. The molecule has 7 nitrogen and oxygen atoms in total. The fraction of sp³-hybridized carbons (Fsp3) is 0.529. The molecule has 2 amide bonds. The normalized spacial score (nSPS) is 23.6. The van der Waals surface area contributed by atoms with Gasteiger partial charge in [-0.15, -0.1) is 0 Å². The molecule has 2 aliphatic heterocycles. The van der Waals surface area contributed by atoms with Crippen molar-refractivity contribution in [3.05, 3.63) is 29.3 Å². The Hall–Kier alpha value is -1.83. The predicted octanol–water partition coefficient (Wildman–Crippen LogP) is -0.172. The van der Waals surface area contributed by atoms with Gasteiger partial charge in [-0.2, -0.15) is 0 Å². The van der Waals surface area contributed by atoms with Gasteiger partial charge < -0.3 is 25.5 Å². The van der Waals surface area contributed by atoms with Crippen LogP contribution in [0.3, 0.4) is 0 Å². The zero-order valence-electron chi connectivity index (χ0n) is 13.9. The van der Waals surface area contributed by atoms with Crippen molar-refractivity contribution in [1.29, 1.82) is 0 Å². The maximum Gasteiger partial charge on any atom is 0.242 e. The quantitative estimate of drug-likeness (QED) is 0.689. The molecule has 25 heavy (non-hydrogen) atoms. The number of nitrogens with one attached hydrogen (secondary N) is 2. The van der Waals surface area contributed by atoms with Gasteiger partial charge in [0.25, 0.3) is 0 Å². The number of hydrogen-bond donors (Lipinski definition) is 3. The average Bonchev–Trinajstić information content (AvgIpc) is 3.06. The minimum atomic E-state index is -0.494. The van der Waals surface area contributed by atoms with Crippen molar-refractivity contribution in [2.75, 3.05) is 44.2 Å². The molecular formula is C17H23ClN4O3. The third kappa shape index (κ3) is 4.62. The number of benzene rings is 1. The number of β-amino-alcohol motifs (C(OH)–C–C–N with tert-alkyl or cyclic N) is 1. The molecule has 0 aromatic heterocycles. The molecular weight excluding hydrogens is 344 g/mol. The van der Waals surface area contributed by atoms with Crippen LogP contribution in [0.25, 0.3) is 0 Å². The highest BCUT2D eigenvalue weighted by Crippen LogP contribution is 2.20. The van der Waals surface area contributed by atoms with Gasteiger partial charge in [0, 0.05) is 43.4 Å². The zero-order chi connectivity index (χ0) is 17.8. The number of rotatable bonds is 4. The van der Waals surface area contributed by atoms with Gasteiger partial charge in [0.1, 0.15) is 0 Å². The maximum absolute atomic E-state index is 12.3. The van der Waals surface area contributed by atoms with Crippen LogP contribution in [0.5, 0.6) is 0 Å². The van der Waals surface area contributed by atoms with Gasteiger partial charge in [0.05, 0.1) is 18.7 Å². The van der Waals surface area contributed by atoms with Crippen LogP contribution in [0.2, 0.25) is 5.02 Å². The van der Waals surface area contributed by atoms with Crippen LogP contribution >= 0.6 is 11.6 Å². The lowest BCUT2D eigenvalue weighted by Gasteiger charge is -2.36. The van der Waals surface area contributed by atoms with Crippen LogP contribution < -0.4 is 15.5 Å². The summed E-state index contributed by atoms with van der Waals surface area (Å²) < 4.78 is 0. The summed E-state index contributed by atoms with van der Waals surface area (Å²) in [6.07, 6.45) is -0.107. The highest BCUT2D eigenvalue weighted by Gasteiger charge is 2.29. The Morgan fingerprint density at radius 1 is 1.28 bits per heavy atom. The Balaban J connectivity index is 1.43. The SMILES string of the molecule is O=C(NCC(=O)N1CCN(c2cccc(Cl)c2)CC1)C1CC(O)CN1. The number of anilines is 1. The number of nitrogens with zero attached hydrogens (tertiary/aromatic N) is 2. The summed E-state index contributed by atoms with van der Waals surface area (Å²) in [6.45, 7) is 3.10. The van der Waals surface area contributed by atoms with E-state index in [1.807, 2.05) is 24.3 Å². The molecule has 1 aromatic rings. The molecule has 0 radical (unpaired) electrons. The number of carbonyl (C=O) groups is 2.